The Bertz CT molecular complexity index is 1050. The second kappa shape index (κ2) is 8.82. The third-order valence-corrected chi connectivity index (χ3v) is 6.22. The third-order valence-electron chi connectivity index (χ3n) is 6.22. The summed E-state index contributed by atoms with van der Waals surface area (Å²) < 4.78 is 40.3. The van der Waals surface area contributed by atoms with Gasteiger partial charge in [-0.05, 0) is 43.0 Å². The molecule has 0 aromatic heterocycles. The van der Waals surface area contributed by atoms with Crippen molar-refractivity contribution in [3.05, 3.63) is 65.0 Å². The molecule has 0 saturated carbocycles. The quantitative estimate of drug-likeness (QED) is 0.693. The molecule has 3 amide bonds. The largest absolute Gasteiger partial charge is 0.336 e. The fourth-order valence-electron chi connectivity index (χ4n) is 4.54. The Morgan fingerprint density at radius 3 is 2.41 bits per heavy atom. The highest BCUT2D eigenvalue weighted by Gasteiger charge is 2.47. The van der Waals surface area contributed by atoms with Gasteiger partial charge in [0.2, 0.25) is 5.91 Å². The number of carbonyl (C=O) groups is 2. The molecule has 0 spiro atoms. The third kappa shape index (κ3) is 4.43. The number of halogens is 3. The zero-order valence-corrected chi connectivity index (χ0v) is 17.7. The van der Waals surface area contributed by atoms with Gasteiger partial charge in [-0.2, -0.15) is 0 Å². The number of aryl methyl sites for hydroxylation is 1. The summed E-state index contributed by atoms with van der Waals surface area (Å²) >= 11 is 0. The minimum absolute atomic E-state index is 0.0446. The summed E-state index contributed by atoms with van der Waals surface area (Å²) in [6.45, 7) is 2.76. The lowest BCUT2D eigenvalue weighted by Crippen LogP contribution is -2.52. The summed E-state index contributed by atoms with van der Waals surface area (Å²) in [5.74, 6) is -3.49. The van der Waals surface area contributed by atoms with Crippen LogP contribution in [-0.4, -0.2) is 53.0 Å². The van der Waals surface area contributed by atoms with Crippen LogP contribution in [-0.2, 0) is 11.2 Å². The van der Waals surface area contributed by atoms with Crippen molar-refractivity contribution in [2.45, 2.75) is 44.3 Å². The van der Waals surface area contributed by atoms with E-state index in [-0.39, 0.29) is 42.4 Å². The first-order valence-electron chi connectivity index (χ1n) is 10.5. The molecule has 2 aromatic rings. The molecule has 0 aliphatic carbocycles. The number of rotatable bonds is 5. The average molecular weight is 446 g/mol. The van der Waals surface area contributed by atoms with Crippen LogP contribution in [0.2, 0.25) is 0 Å². The van der Waals surface area contributed by atoms with Crippen LogP contribution >= 0.6 is 0 Å². The van der Waals surface area contributed by atoms with Gasteiger partial charge in [-0.3, -0.25) is 4.79 Å². The molecule has 2 fully saturated rings. The molecule has 32 heavy (non-hydrogen) atoms. The predicted molar refractivity (Wildman–Crippen MR) is 113 cm³/mol. The zero-order chi connectivity index (χ0) is 23.0. The van der Waals surface area contributed by atoms with Gasteiger partial charge in [-0.1, -0.05) is 18.2 Å². The number of likely N-dealkylation sites (tertiary alicyclic amines) is 2. The summed E-state index contributed by atoms with van der Waals surface area (Å²) in [7, 11) is 0. The number of piperazine rings is 1. The Hall–Kier alpha value is -3.07. The van der Waals surface area contributed by atoms with E-state index in [2.05, 4.69) is 5.32 Å². The molecule has 3 atom stereocenters. The van der Waals surface area contributed by atoms with Gasteiger partial charge in [0.05, 0.1) is 12.1 Å². The van der Waals surface area contributed by atoms with Gasteiger partial charge < -0.3 is 20.9 Å². The summed E-state index contributed by atoms with van der Waals surface area (Å²) in [5, 5.41) is 2.93. The van der Waals surface area contributed by atoms with Crippen molar-refractivity contribution in [3.8, 4) is 0 Å². The normalized spacial score (nSPS) is 20.5. The van der Waals surface area contributed by atoms with E-state index < -0.39 is 23.5 Å². The Balaban J connectivity index is 1.31. The van der Waals surface area contributed by atoms with Crippen LogP contribution in [0.5, 0.6) is 0 Å². The van der Waals surface area contributed by atoms with Gasteiger partial charge in [-0.25, -0.2) is 18.0 Å². The lowest BCUT2D eigenvalue weighted by atomic mass is 10.0. The summed E-state index contributed by atoms with van der Waals surface area (Å²) in [6, 6.07) is 7.68. The summed E-state index contributed by atoms with van der Waals surface area (Å²) in [5.41, 5.74) is 7.66. The molecule has 2 aliphatic heterocycles. The van der Waals surface area contributed by atoms with E-state index in [1.54, 1.807) is 9.80 Å². The van der Waals surface area contributed by atoms with Gasteiger partial charge in [0.15, 0.2) is 11.6 Å². The Kier molecular flexibility index (Phi) is 6.10. The number of amides is 3. The van der Waals surface area contributed by atoms with Gasteiger partial charge in [0, 0.05) is 37.3 Å². The molecule has 0 radical (unpaired) electrons. The average Bonchev–Trinajstić information content (AvgIpc) is 3.35. The van der Waals surface area contributed by atoms with Gasteiger partial charge in [0.1, 0.15) is 5.82 Å². The highest BCUT2D eigenvalue weighted by molar-refractivity contribution is 5.91. The van der Waals surface area contributed by atoms with Crippen LogP contribution in [0.4, 0.5) is 23.7 Å². The van der Waals surface area contributed by atoms with Crippen LogP contribution < -0.4 is 11.1 Å². The maximum absolute atomic E-state index is 13.9. The first-order chi connectivity index (χ1) is 15.2. The Morgan fingerprint density at radius 1 is 1.06 bits per heavy atom. The van der Waals surface area contributed by atoms with Crippen molar-refractivity contribution in [1.29, 1.82) is 0 Å². The SMILES string of the molecule is Cc1ccccc1NC(=O)N1C[C@@H]2C[C@@H]1CN2C(=O)C[C@H](N)Cc1cc(F)c(F)cc1F. The number of para-hydroxylation sites is 1. The number of urea groups is 1. The highest BCUT2D eigenvalue weighted by Crippen LogP contribution is 2.32. The molecular weight excluding hydrogens is 421 g/mol. The number of fused-ring (bicyclic) bond motifs is 2. The molecule has 170 valence electrons. The second-order valence-corrected chi connectivity index (χ2v) is 8.51. The highest BCUT2D eigenvalue weighted by atomic mass is 19.2. The van der Waals surface area contributed by atoms with Gasteiger partial charge in [-0.15, -0.1) is 0 Å². The van der Waals surface area contributed by atoms with E-state index in [9.17, 15) is 22.8 Å². The van der Waals surface area contributed by atoms with Crippen molar-refractivity contribution in [1.82, 2.24) is 9.80 Å². The minimum Gasteiger partial charge on any atom is -0.336 e. The van der Waals surface area contributed by atoms with E-state index in [0.29, 0.717) is 25.6 Å². The number of hydrogen-bond acceptors (Lipinski definition) is 3. The number of carbonyl (C=O) groups excluding carboxylic acids is 2. The van der Waals surface area contributed by atoms with Crippen molar-refractivity contribution in [3.63, 3.8) is 0 Å². The molecule has 4 rings (SSSR count). The second-order valence-electron chi connectivity index (χ2n) is 8.51. The van der Waals surface area contributed by atoms with Crippen molar-refractivity contribution < 1.29 is 22.8 Å². The van der Waals surface area contributed by atoms with E-state index in [1.165, 1.54) is 0 Å². The van der Waals surface area contributed by atoms with Crippen molar-refractivity contribution >= 4 is 17.6 Å². The van der Waals surface area contributed by atoms with E-state index in [4.69, 9.17) is 5.73 Å². The number of anilines is 1. The monoisotopic (exact) mass is 446 g/mol. The predicted octanol–water partition coefficient (Wildman–Crippen LogP) is 3.19. The molecule has 2 heterocycles. The lowest BCUT2D eigenvalue weighted by molar-refractivity contribution is -0.133. The molecule has 6 nitrogen and oxygen atoms in total. The number of benzene rings is 2. The lowest BCUT2D eigenvalue weighted by Gasteiger charge is -2.34. The van der Waals surface area contributed by atoms with Crippen molar-refractivity contribution in [2.75, 3.05) is 18.4 Å². The summed E-state index contributed by atoms with van der Waals surface area (Å²) in [6.07, 6.45) is 0.568. The molecule has 2 aromatic carbocycles. The fraction of sp³-hybridized carbons (Fsp3) is 0.391. The molecule has 0 unspecified atom stereocenters. The zero-order valence-electron chi connectivity index (χ0n) is 17.7. The summed E-state index contributed by atoms with van der Waals surface area (Å²) in [4.78, 5) is 28.9. The van der Waals surface area contributed by atoms with Crippen LogP contribution in [0.25, 0.3) is 0 Å². The Morgan fingerprint density at radius 2 is 1.72 bits per heavy atom. The fourth-order valence-corrected chi connectivity index (χ4v) is 4.54. The number of hydrogen-bond donors (Lipinski definition) is 2. The van der Waals surface area contributed by atoms with Crippen molar-refractivity contribution in [2.24, 2.45) is 5.73 Å². The first-order valence-corrected chi connectivity index (χ1v) is 10.5. The number of nitrogens with one attached hydrogen (secondary N) is 1. The van der Waals surface area contributed by atoms with E-state index in [0.717, 1.165) is 17.3 Å². The molecule has 3 N–H and O–H groups in total. The van der Waals surface area contributed by atoms with Gasteiger partial charge in [0.25, 0.3) is 0 Å². The van der Waals surface area contributed by atoms with Crippen LogP contribution in [0.15, 0.2) is 36.4 Å². The number of nitrogens with zero attached hydrogens (tertiary/aromatic N) is 2. The number of nitrogens with two attached hydrogens (primary N) is 1. The smallest absolute Gasteiger partial charge is 0.322 e. The molecule has 2 aliphatic rings. The van der Waals surface area contributed by atoms with E-state index >= 15 is 0 Å². The molecular formula is C23H25F3N4O2. The maximum atomic E-state index is 13.9. The standard InChI is InChI=1S/C23H25F3N4O2/c1-13-4-2-3-5-21(13)28-23(32)30-12-16-9-17(30)11-29(16)22(31)8-15(27)6-14-7-19(25)20(26)10-18(14)24/h2-5,7,10,15-17H,6,8-9,11-12,27H2,1H3,(H,28,32)/t15-,16+,17-/m1/s1. The minimum atomic E-state index is -1.26. The van der Waals surface area contributed by atoms with Crippen LogP contribution in [0, 0.1) is 24.4 Å². The Labute approximate surface area is 184 Å². The molecule has 9 heteroatoms. The van der Waals surface area contributed by atoms with Crippen LogP contribution in [0.3, 0.4) is 0 Å². The van der Waals surface area contributed by atoms with Crippen LogP contribution in [0.1, 0.15) is 24.0 Å². The molecule has 2 saturated heterocycles. The first kappa shape index (κ1) is 22.1. The maximum Gasteiger partial charge on any atom is 0.322 e. The van der Waals surface area contributed by atoms with Gasteiger partial charge >= 0.3 is 6.03 Å². The van der Waals surface area contributed by atoms with E-state index in [1.807, 2.05) is 31.2 Å². The molecule has 2 bridgehead atoms. The topological polar surface area (TPSA) is 78.7 Å².